The minimum atomic E-state index is -0.126. The fourth-order valence-electron chi connectivity index (χ4n) is 6.03. The number of nitrogens with one attached hydrogen (secondary N) is 1. The Kier molecular flexibility index (Phi) is 7.04. The monoisotopic (exact) mass is 556 g/mol. The Morgan fingerprint density at radius 3 is 2.36 bits per heavy atom. The summed E-state index contributed by atoms with van der Waals surface area (Å²) in [6.45, 7) is 8.67. The number of aryl methyl sites for hydroxylation is 1. The molecule has 4 aromatic rings. The molecule has 1 aromatic carbocycles. The lowest BCUT2D eigenvalue weighted by Gasteiger charge is -2.33. The average Bonchev–Trinajstić information content (AvgIpc) is 3.45. The predicted molar refractivity (Wildman–Crippen MR) is 163 cm³/mol. The molecule has 5 heterocycles. The summed E-state index contributed by atoms with van der Waals surface area (Å²) in [5.74, 6) is 1.66. The molecule has 2 saturated heterocycles. The van der Waals surface area contributed by atoms with E-state index in [4.69, 9.17) is 28.8 Å². The van der Waals surface area contributed by atoms with Crippen molar-refractivity contribution in [3.8, 4) is 5.82 Å². The molecule has 0 saturated carbocycles. The third-order valence-corrected chi connectivity index (χ3v) is 8.72. The van der Waals surface area contributed by atoms with Crippen LogP contribution in [-0.2, 0) is 0 Å². The van der Waals surface area contributed by atoms with Gasteiger partial charge in [-0.1, -0.05) is 30.7 Å². The standard InChI is InChI=1S/C31H33ClN6S/c1-20-12-16-36(17-13-20)27-11-10-23(19-25(27)32)38-30(29(35-31(38)39)26-8-4-6-14-33-26)24-18-21(2)37(22(24)3)28-9-5-7-15-34-28/h4-11,14-15,18-20,29-30H,12-13,16-17H2,1-3H3,(H,35,39)/t29-,30+/m1/s1. The Balaban J connectivity index is 1.43. The van der Waals surface area contributed by atoms with E-state index in [-0.39, 0.29) is 12.1 Å². The first kappa shape index (κ1) is 25.8. The van der Waals surface area contributed by atoms with Crippen LogP contribution in [0.4, 0.5) is 11.4 Å². The third-order valence-electron chi connectivity index (χ3n) is 8.10. The number of anilines is 2. The maximum absolute atomic E-state index is 6.96. The van der Waals surface area contributed by atoms with E-state index in [9.17, 15) is 0 Å². The zero-order chi connectivity index (χ0) is 27.1. The molecule has 1 N–H and O–H groups in total. The van der Waals surface area contributed by atoms with Crippen molar-refractivity contribution >= 4 is 40.3 Å². The summed E-state index contributed by atoms with van der Waals surface area (Å²) >= 11 is 12.9. The SMILES string of the molecule is Cc1cc([C@H]2[C@@H](c3ccccn3)NC(=S)N2c2ccc(N3CCC(C)CC3)c(Cl)c2)c(C)n1-c1ccccn1. The summed E-state index contributed by atoms with van der Waals surface area (Å²) in [5, 5.41) is 5.00. The van der Waals surface area contributed by atoms with Crippen molar-refractivity contribution in [3.05, 3.63) is 101 Å². The van der Waals surface area contributed by atoms with Gasteiger partial charge in [0.25, 0.3) is 0 Å². The Morgan fingerprint density at radius 1 is 0.949 bits per heavy atom. The molecule has 6 rings (SSSR count). The maximum atomic E-state index is 6.96. The number of hydrogen-bond donors (Lipinski definition) is 1. The quantitative estimate of drug-likeness (QED) is 0.268. The molecule has 200 valence electrons. The highest BCUT2D eigenvalue weighted by Crippen LogP contribution is 2.45. The van der Waals surface area contributed by atoms with Crippen molar-refractivity contribution in [1.29, 1.82) is 0 Å². The second-order valence-electron chi connectivity index (χ2n) is 10.7. The summed E-state index contributed by atoms with van der Waals surface area (Å²) in [5.41, 5.74) is 6.42. The van der Waals surface area contributed by atoms with E-state index in [1.807, 2.05) is 42.7 Å². The molecule has 0 radical (unpaired) electrons. The zero-order valence-corrected chi connectivity index (χ0v) is 24.1. The Labute approximate surface area is 240 Å². The van der Waals surface area contributed by atoms with Crippen LogP contribution in [0.5, 0.6) is 0 Å². The summed E-state index contributed by atoms with van der Waals surface area (Å²) < 4.78 is 2.21. The minimum absolute atomic E-state index is 0.117. The van der Waals surface area contributed by atoms with Gasteiger partial charge in [-0.25, -0.2) is 4.98 Å². The first-order valence-corrected chi connectivity index (χ1v) is 14.4. The highest BCUT2D eigenvalue weighted by atomic mass is 35.5. The van der Waals surface area contributed by atoms with Crippen LogP contribution in [0, 0.1) is 19.8 Å². The van der Waals surface area contributed by atoms with Gasteiger partial charge in [0, 0.05) is 42.6 Å². The predicted octanol–water partition coefficient (Wildman–Crippen LogP) is 6.95. The Morgan fingerprint density at radius 2 is 1.69 bits per heavy atom. The smallest absolute Gasteiger partial charge is 0.174 e. The third kappa shape index (κ3) is 4.79. The number of halogens is 1. The molecule has 6 nitrogen and oxygen atoms in total. The highest BCUT2D eigenvalue weighted by molar-refractivity contribution is 7.80. The van der Waals surface area contributed by atoms with Crippen LogP contribution in [-0.4, -0.2) is 32.7 Å². The number of thiocarbonyl (C=S) groups is 1. The van der Waals surface area contributed by atoms with Gasteiger partial charge in [0.05, 0.1) is 28.5 Å². The van der Waals surface area contributed by atoms with E-state index < -0.39 is 0 Å². The van der Waals surface area contributed by atoms with Gasteiger partial charge >= 0.3 is 0 Å². The van der Waals surface area contributed by atoms with Crippen molar-refractivity contribution in [1.82, 2.24) is 19.9 Å². The maximum Gasteiger partial charge on any atom is 0.174 e. The summed E-state index contributed by atoms with van der Waals surface area (Å²) in [4.78, 5) is 13.9. The van der Waals surface area contributed by atoms with E-state index >= 15 is 0 Å². The molecule has 0 bridgehead atoms. The summed E-state index contributed by atoms with van der Waals surface area (Å²) in [6.07, 6.45) is 6.05. The van der Waals surface area contributed by atoms with Crippen molar-refractivity contribution in [2.45, 2.75) is 45.7 Å². The highest BCUT2D eigenvalue weighted by Gasteiger charge is 2.42. The van der Waals surface area contributed by atoms with Crippen LogP contribution in [0.15, 0.2) is 73.1 Å². The van der Waals surface area contributed by atoms with Crippen molar-refractivity contribution in [2.24, 2.45) is 5.92 Å². The molecule has 8 heteroatoms. The second-order valence-corrected chi connectivity index (χ2v) is 11.4. The fourth-order valence-corrected chi connectivity index (χ4v) is 6.67. The van der Waals surface area contributed by atoms with Crippen molar-refractivity contribution < 1.29 is 0 Å². The Hall–Kier alpha value is -3.42. The van der Waals surface area contributed by atoms with E-state index in [0.717, 1.165) is 58.3 Å². The molecule has 2 fully saturated rings. The summed E-state index contributed by atoms with van der Waals surface area (Å²) in [6, 6.07) is 20.4. The van der Waals surface area contributed by atoms with Crippen LogP contribution in [0.3, 0.4) is 0 Å². The average molecular weight is 557 g/mol. The first-order chi connectivity index (χ1) is 18.9. The number of rotatable bonds is 5. The molecule has 0 aliphatic carbocycles. The van der Waals surface area contributed by atoms with Gasteiger partial charge in [0.15, 0.2) is 5.11 Å². The minimum Gasteiger partial charge on any atom is -0.370 e. The number of pyridine rings is 2. The van der Waals surface area contributed by atoms with Crippen LogP contribution in [0.25, 0.3) is 5.82 Å². The lowest BCUT2D eigenvalue weighted by molar-refractivity contribution is 0.438. The van der Waals surface area contributed by atoms with Crippen molar-refractivity contribution in [3.63, 3.8) is 0 Å². The number of benzene rings is 1. The second kappa shape index (κ2) is 10.6. The van der Waals surface area contributed by atoms with Gasteiger partial charge in [0.2, 0.25) is 0 Å². The Bertz CT molecular complexity index is 1480. The molecule has 2 aliphatic rings. The molecule has 0 spiro atoms. The lowest BCUT2D eigenvalue weighted by atomic mass is 9.96. The molecular formula is C31H33ClN6S. The van der Waals surface area contributed by atoms with Crippen LogP contribution < -0.4 is 15.1 Å². The number of piperidine rings is 1. The van der Waals surface area contributed by atoms with Gasteiger partial charge < -0.3 is 19.7 Å². The van der Waals surface area contributed by atoms with E-state index in [1.54, 1.807) is 0 Å². The van der Waals surface area contributed by atoms with Crippen LogP contribution in [0.2, 0.25) is 5.02 Å². The van der Waals surface area contributed by atoms with Gasteiger partial charge in [-0.05, 0) is 98.9 Å². The zero-order valence-electron chi connectivity index (χ0n) is 22.5. The molecule has 0 amide bonds. The molecule has 3 aromatic heterocycles. The van der Waals surface area contributed by atoms with E-state index in [2.05, 4.69) is 75.8 Å². The molecule has 2 aliphatic heterocycles. The fraction of sp³-hybridized carbons (Fsp3) is 0.323. The van der Waals surface area contributed by atoms with Gasteiger partial charge in [-0.2, -0.15) is 0 Å². The van der Waals surface area contributed by atoms with E-state index in [0.29, 0.717) is 5.11 Å². The first-order valence-electron chi connectivity index (χ1n) is 13.6. The number of aromatic nitrogens is 3. The van der Waals surface area contributed by atoms with Gasteiger partial charge in [0.1, 0.15) is 5.82 Å². The normalized spacial score (nSPS) is 19.9. The lowest BCUT2D eigenvalue weighted by Crippen LogP contribution is -2.33. The molecule has 39 heavy (non-hydrogen) atoms. The largest absolute Gasteiger partial charge is 0.370 e. The molecule has 0 unspecified atom stereocenters. The number of hydrogen-bond acceptors (Lipinski definition) is 4. The number of nitrogens with zero attached hydrogens (tertiary/aromatic N) is 5. The van der Waals surface area contributed by atoms with Gasteiger partial charge in [-0.3, -0.25) is 4.98 Å². The van der Waals surface area contributed by atoms with Crippen LogP contribution >= 0.6 is 23.8 Å². The van der Waals surface area contributed by atoms with Gasteiger partial charge in [-0.15, -0.1) is 0 Å². The molecular weight excluding hydrogens is 524 g/mol. The van der Waals surface area contributed by atoms with E-state index in [1.165, 1.54) is 18.4 Å². The van der Waals surface area contributed by atoms with Crippen molar-refractivity contribution in [2.75, 3.05) is 22.9 Å². The topological polar surface area (TPSA) is 49.2 Å². The summed E-state index contributed by atoms with van der Waals surface area (Å²) in [7, 11) is 0. The van der Waals surface area contributed by atoms with Crippen LogP contribution in [0.1, 0.15) is 54.5 Å². The molecule has 2 atom stereocenters.